The van der Waals surface area contributed by atoms with Gasteiger partial charge in [0.05, 0.1) is 0 Å². The van der Waals surface area contributed by atoms with Crippen LogP contribution >= 0.6 is 35.7 Å². The first-order chi connectivity index (χ1) is 10.9. The number of aliphatic imine (C=N–C) groups is 1. The molecule has 0 saturated carbocycles. The van der Waals surface area contributed by atoms with Gasteiger partial charge in [-0.25, -0.2) is 4.99 Å². The van der Waals surface area contributed by atoms with Gasteiger partial charge in [0.15, 0.2) is 11.4 Å². The van der Waals surface area contributed by atoms with Crippen LogP contribution in [0.1, 0.15) is 19.4 Å². The Labute approximate surface area is 153 Å². The Balaban J connectivity index is 2.17. The van der Waals surface area contributed by atoms with Crippen molar-refractivity contribution >= 4 is 45.2 Å². The first kappa shape index (κ1) is 18.8. The quantitative estimate of drug-likeness (QED) is 0.739. The lowest BCUT2D eigenvalue weighted by atomic mass is 9.96. The Morgan fingerprint density at radius 1 is 1.43 bits per heavy atom. The summed E-state index contributed by atoms with van der Waals surface area (Å²) in [6, 6.07) is 10.3. The van der Waals surface area contributed by atoms with Gasteiger partial charge < -0.3 is 9.64 Å². The van der Waals surface area contributed by atoms with E-state index in [9.17, 15) is 0 Å². The van der Waals surface area contributed by atoms with Crippen molar-refractivity contribution < 1.29 is 4.74 Å². The van der Waals surface area contributed by atoms with Crippen LogP contribution in [0.2, 0.25) is 0 Å². The number of nitrogens with zero attached hydrogens (tertiary/aromatic N) is 2. The highest BCUT2D eigenvalue weighted by molar-refractivity contribution is 8.23. The Kier molecular flexibility index (Phi) is 6.95. The molecule has 0 spiro atoms. The molecule has 0 aliphatic carbocycles. The van der Waals surface area contributed by atoms with Crippen LogP contribution in [-0.2, 0) is 11.2 Å². The van der Waals surface area contributed by atoms with Gasteiger partial charge >= 0.3 is 0 Å². The molecule has 23 heavy (non-hydrogen) atoms. The van der Waals surface area contributed by atoms with E-state index < -0.39 is 0 Å². The molecular formula is C17H24N2OS3. The van der Waals surface area contributed by atoms with Crippen molar-refractivity contribution in [1.82, 2.24) is 4.90 Å². The van der Waals surface area contributed by atoms with Crippen molar-refractivity contribution in [2.75, 3.05) is 25.7 Å². The predicted octanol–water partition coefficient (Wildman–Crippen LogP) is 4.28. The number of ether oxygens (including phenoxy) is 1. The second-order valence-electron chi connectivity index (χ2n) is 6.30. The van der Waals surface area contributed by atoms with Crippen LogP contribution in [0.4, 0.5) is 0 Å². The first-order valence-electron chi connectivity index (χ1n) is 7.58. The molecule has 2 rings (SSSR count). The average Bonchev–Trinajstić information content (AvgIpc) is 2.55. The molecule has 1 aromatic carbocycles. The van der Waals surface area contributed by atoms with Crippen molar-refractivity contribution in [3.63, 3.8) is 0 Å². The molecule has 126 valence electrons. The van der Waals surface area contributed by atoms with Crippen LogP contribution in [0.15, 0.2) is 35.3 Å². The Bertz CT molecular complexity index is 560. The number of benzene rings is 1. The Hall–Kier alpha value is -0.560. The van der Waals surface area contributed by atoms with Gasteiger partial charge in [-0.15, -0.1) is 0 Å². The fraction of sp³-hybridized carbons (Fsp3) is 0.529. The van der Waals surface area contributed by atoms with Crippen molar-refractivity contribution in [2.45, 2.75) is 26.5 Å². The van der Waals surface area contributed by atoms with E-state index >= 15 is 0 Å². The van der Waals surface area contributed by atoms with Gasteiger partial charge in [0.2, 0.25) is 0 Å². The van der Waals surface area contributed by atoms with Gasteiger partial charge in [-0.2, -0.15) is 0 Å². The smallest absolute Gasteiger partial charge is 0.167 e. The van der Waals surface area contributed by atoms with Crippen LogP contribution in [0.25, 0.3) is 0 Å². The van der Waals surface area contributed by atoms with E-state index in [1.807, 2.05) is 24.5 Å². The molecule has 1 heterocycles. The summed E-state index contributed by atoms with van der Waals surface area (Å²) in [5.74, 6) is 1.04. The topological polar surface area (TPSA) is 24.8 Å². The monoisotopic (exact) mass is 368 g/mol. The van der Waals surface area contributed by atoms with Crippen molar-refractivity contribution in [3.05, 3.63) is 35.9 Å². The summed E-state index contributed by atoms with van der Waals surface area (Å²) in [4.78, 5) is 7.01. The third-order valence-corrected chi connectivity index (χ3v) is 6.38. The number of hydrogen-bond acceptors (Lipinski definition) is 5. The molecule has 0 bridgehead atoms. The van der Waals surface area contributed by atoms with Crippen molar-refractivity contribution in [3.8, 4) is 0 Å². The van der Waals surface area contributed by atoms with Crippen LogP contribution in [0.3, 0.4) is 0 Å². The van der Waals surface area contributed by atoms with Crippen LogP contribution in [-0.4, -0.2) is 46.3 Å². The maximum Gasteiger partial charge on any atom is 0.167 e. The lowest BCUT2D eigenvalue weighted by Crippen LogP contribution is -2.46. The molecule has 0 N–H and O–H groups in total. The van der Waals surface area contributed by atoms with E-state index in [0.717, 1.165) is 28.2 Å². The number of hydrogen-bond donors (Lipinski definition) is 0. The SMILES string of the molecule is COC(Cc1ccccc1)N=C1SCC(C)(C)CN1C(=S)SC. The minimum absolute atomic E-state index is 0.187. The second-order valence-corrected chi connectivity index (χ2v) is 8.68. The number of thioether (sulfide) groups is 2. The van der Waals surface area contributed by atoms with E-state index in [2.05, 4.69) is 30.9 Å². The summed E-state index contributed by atoms with van der Waals surface area (Å²) >= 11 is 8.90. The fourth-order valence-electron chi connectivity index (χ4n) is 2.36. The molecule has 1 aliphatic rings. The lowest BCUT2D eigenvalue weighted by molar-refractivity contribution is 0.110. The van der Waals surface area contributed by atoms with E-state index in [1.54, 1.807) is 30.6 Å². The first-order valence-corrected chi connectivity index (χ1v) is 10.2. The van der Waals surface area contributed by atoms with Gasteiger partial charge in [0.25, 0.3) is 0 Å². The number of rotatable bonds is 4. The zero-order chi connectivity index (χ0) is 16.9. The highest BCUT2D eigenvalue weighted by atomic mass is 32.2. The Morgan fingerprint density at radius 2 is 2.13 bits per heavy atom. The highest BCUT2D eigenvalue weighted by Gasteiger charge is 2.33. The maximum absolute atomic E-state index is 5.59. The standard InChI is InChI=1S/C17H24N2OS3/c1-17(2)11-19(16(21)22-4)15(23-12-17)18-14(20-3)10-13-8-6-5-7-9-13/h5-9,14H,10-12H2,1-4H3. The molecule has 3 nitrogen and oxygen atoms in total. The number of methoxy groups -OCH3 is 1. The number of amidine groups is 1. The van der Waals surface area contributed by atoms with Gasteiger partial charge in [-0.05, 0) is 17.2 Å². The molecule has 1 fully saturated rings. The fourth-order valence-corrected chi connectivity index (χ4v) is 4.11. The summed E-state index contributed by atoms with van der Waals surface area (Å²) in [5.41, 5.74) is 1.45. The lowest BCUT2D eigenvalue weighted by Gasteiger charge is -2.39. The van der Waals surface area contributed by atoms with Gasteiger partial charge in [-0.1, -0.05) is 79.9 Å². The Morgan fingerprint density at radius 3 is 2.74 bits per heavy atom. The second kappa shape index (κ2) is 8.51. The van der Waals surface area contributed by atoms with E-state index in [-0.39, 0.29) is 11.6 Å². The average molecular weight is 369 g/mol. The summed E-state index contributed by atoms with van der Waals surface area (Å²) < 4.78 is 6.47. The number of thiocarbonyl (C=S) groups is 1. The molecule has 1 unspecified atom stereocenters. The molecular weight excluding hydrogens is 344 g/mol. The van der Waals surface area contributed by atoms with E-state index in [4.69, 9.17) is 21.9 Å². The minimum Gasteiger partial charge on any atom is -0.359 e. The molecule has 1 saturated heterocycles. The van der Waals surface area contributed by atoms with Crippen LogP contribution in [0.5, 0.6) is 0 Å². The summed E-state index contributed by atoms with van der Waals surface area (Å²) in [6.45, 7) is 5.44. The van der Waals surface area contributed by atoms with Crippen LogP contribution in [0, 0.1) is 5.41 Å². The van der Waals surface area contributed by atoms with Gasteiger partial charge in [-0.3, -0.25) is 0 Å². The summed E-state index contributed by atoms with van der Waals surface area (Å²) in [7, 11) is 1.71. The summed E-state index contributed by atoms with van der Waals surface area (Å²) in [5, 5.41) is 0.978. The molecule has 0 radical (unpaired) electrons. The zero-order valence-electron chi connectivity index (χ0n) is 14.1. The van der Waals surface area contributed by atoms with E-state index in [0.29, 0.717) is 0 Å². The molecule has 0 amide bonds. The molecule has 6 heteroatoms. The predicted molar refractivity (Wildman–Crippen MR) is 107 cm³/mol. The highest BCUT2D eigenvalue weighted by Crippen LogP contribution is 2.33. The minimum atomic E-state index is -0.187. The van der Waals surface area contributed by atoms with Gasteiger partial charge in [0.1, 0.15) is 4.32 Å². The van der Waals surface area contributed by atoms with Crippen molar-refractivity contribution in [2.24, 2.45) is 10.4 Å². The maximum atomic E-state index is 5.59. The molecule has 1 aliphatic heterocycles. The third kappa shape index (κ3) is 5.48. The van der Waals surface area contributed by atoms with Crippen molar-refractivity contribution in [1.29, 1.82) is 0 Å². The van der Waals surface area contributed by atoms with Crippen LogP contribution < -0.4 is 0 Å². The molecule has 1 aromatic rings. The third-order valence-electron chi connectivity index (χ3n) is 3.58. The zero-order valence-corrected chi connectivity index (χ0v) is 16.6. The normalized spacial score (nSPS) is 20.5. The largest absolute Gasteiger partial charge is 0.359 e. The molecule has 1 atom stereocenters. The molecule has 0 aromatic heterocycles. The van der Waals surface area contributed by atoms with Gasteiger partial charge in [0, 0.05) is 25.8 Å². The summed E-state index contributed by atoms with van der Waals surface area (Å²) in [6.07, 6.45) is 2.60. The van der Waals surface area contributed by atoms with E-state index in [1.165, 1.54) is 5.56 Å².